The first-order chi connectivity index (χ1) is 19.3. The number of alkyl carbamates (subject to hydrolysis) is 1. The number of nitrogens with zero attached hydrogens (tertiary/aromatic N) is 2. The van der Waals surface area contributed by atoms with Gasteiger partial charge in [-0.2, -0.15) is 0 Å². The quantitative estimate of drug-likeness (QED) is 0.263. The molecule has 0 spiro atoms. The number of hydrogen-bond acceptors (Lipinski definition) is 4. The van der Waals surface area contributed by atoms with Crippen LogP contribution in [0.2, 0.25) is 0 Å². The summed E-state index contributed by atoms with van der Waals surface area (Å²) >= 11 is 3.60. The first-order valence-corrected chi connectivity index (χ1v) is 14.7. The molecule has 4 aromatic rings. The molecular weight excluding hydrogens is 568 g/mol. The van der Waals surface area contributed by atoms with Gasteiger partial charge in [-0.1, -0.05) is 60.1 Å². The summed E-state index contributed by atoms with van der Waals surface area (Å²) in [5.74, 6) is 0.608. The van der Waals surface area contributed by atoms with E-state index in [2.05, 4.69) is 74.8 Å². The molecule has 0 bridgehead atoms. The van der Waals surface area contributed by atoms with E-state index >= 15 is 0 Å². The zero-order valence-electron chi connectivity index (χ0n) is 23.0. The molecule has 2 heterocycles. The Hall–Kier alpha value is -3.65. The minimum atomic E-state index is -0.651. The molecule has 206 valence electrons. The highest BCUT2D eigenvalue weighted by Crippen LogP contribution is 2.38. The molecule has 2 atom stereocenters. The van der Waals surface area contributed by atoms with Crippen LogP contribution in [0.25, 0.3) is 33.3 Å². The molecule has 2 aliphatic rings. The van der Waals surface area contributed by atoms with Gasteiger partial charge in [0, 0.05) is 11.0 Å². The molecular formula is C32H33BrN4O3. The van der Waals surface area contributed by atoms with Crippen LogP contribution < -0.4 is 5.32 Å². The standard InChI is InChI=1S/C32H33BrN4O3/c1-18(2)29(36-32(39)40-3)31(38)37-14-4-5-28(37)30-34-26-13-9-20(17-27(26)35-30)19-8-11-24-21(15-19)6-7-22-16-23(33)10-12-25(22)24/h8-13,15-18,28-29H,4-7,14H2,1-3H3,(H,34,35)(H,36,39)/t28-,29-/m0/s1. The van der Waals surface area contributed by atoms with Crippen LogP contribution in [0.1, 0.15) is 49.7 Å². The number of nitrogens with one attached hydrogen (secondary N) is 2. The van der Waals surface area contributed by atoms with Gasteiger partial charge in [-0.25, -0.2) is 9.78 Å². The van der Waals surface area contributed by atoms with Crippen LogP contribution in [-0.4, -0.2) is 46.6 Å². The second kappa shape index (κ2) is 10.7. The number of aromatic amines is 1. The summed E-state index contributed by atoms with van der Waals surface area (Å²) in [7, 11) is 1.31. The van der Waals surface area contributed by atoms with Gasteiger partial charge in [-0.05, 0) is 89.2 Å². The van der Waals surface area contributed by atoms with E-state index in [1.165, 1.54) is 34.9 Å². The predicted molar refractivity (Wildman–Crippen MR) is 160 cm³/mol. The third kappa shape index (κ3) is 4.89. The Balaban J connectivity index is 1.27. The average molecular weight is 602 g/mol. The fourth-order valence-electron chi connectivity index (χ4n) is 6.10. The topological polar surface area (TPSA) is 87.3 Å². The van der Waals surface area contributed by atoms with Crippen LogP contribution in [0.3, 0.4) is 0 Å². The van der Waals surface area contributed by atoms with Crippen LogP contribution in [0.5, 0.6) is 0 Å². The maximum absolute atomic E-state index is 13.5. The Morgan fingerprint density at radius 2 is 1.73 bits per heavy atom. The van der Waals surface area contributed by atoms with Crippen LogP contribution >= 0.6 is 15.9 Å². The van der Waals surface area contributed by atoms with Crippen LogP contribution in [0, 0.1) is 5.92 Å². The first kappa shape index (κ1) is 26.6. The third-order valence-electron chi connectivity index (χ3n) is 8.20. The molecule has 40 heavy (non-hydrogen) atoms. The van der Waals surface area contributed by atoms with Gasteiger partial charge in [0.15, 0.2) is 0 Å². The Morgan fingerprint density at radius 3 is 2.48 bits per heavy atom. The van der Waals surface area contributed by atoms with Gasteiger partial charge in [0.1, 0.15) is 11.9 Å². The number of aryl methyl sites for hydroxylation is 2. The number of halogens is 1. The van der Waals surface area contributed by atoms with Crippen molar-refractivity contribution >= 4 is 39.0 Å². The third-order valence-corrected chi connectivity index (χ3v) is 8.70. The van der Waals surface area contributed by atoms with Gasteiger partial charge < -0.3 is 19.9 Å². The molecule has 0 radical (unpaired) electrons. The molecule has 0 saturated carbocycles. The van der Waals surface area contributed by atoms with Crippen molar-refractivity contribution in [3.63, 3.8) is 0 Å². The molecule has 8 heteroatoms. The van der Waals surface area contributed by atoms with Crippen molar-refractivity contribution in [2.45, 2.75) is 51.6 Å². The second-order valence-corrected chi connectivity index (χ2v) is 12.0. The predicted octanol–water partition coefficient (Wildman–Crippen LogP) is 6.80. The van der Waals surface area contributed by atoms with Crippen LogP contribution in [-0.2, 0) is 22.4 Å². The van der Waals surface area contributed by atoms with Crippen molar-refractivity contribution in [1.82, 2.24) is 20.2 Å². The Kier molecular flexibility index (Phi) is 7.13. The second-order valence-electron chi connectivity index (χ2n) is 11.1. The number of methoxy groups -OCH3 is 1. The molecule has 1 saturated heterocycles. The SMILES string of the molecule is COC(=O)N[C@H](C(=O)N1CCC[C@H]1c1nc2ccc(-c3ccc4c(c3)CCc3cc(Br)ccc3-4)cc2[nH]1)C(C)C. The van der Waals surface area contributed by atoms with Gasteiger partial charge in [0.25, 0.3) is 0 Å². The molecule has 7 nitrogen and oxygen atoms in total. The Morgan fingerprint density at radius 1 is 1.02 bits per heavy atom. The number of ether oxygens (including phenoxy) is 1. The van der Waals surface area contributed by atoms with Crippen LogP contribution in [0.15, 0.2) is 59.1 Å². The normalized spacial score (nSPS) is 17.0. The highest BCUT2D eigenvalue weighted by molar-refractivity contribution is 9.10. The van der Waals surface area contributed by atoms with E-state index in [9.17, 15) is 9.59 Å². The van der Waals surface area contributed by atoms with E-state index in [1.807, 2.05) is 24.8 Å². The molecule has 1 aliphatic carbocycles. The number of aromatic nitrogens is 2. The Bertz CT molecular complexity index is 1610. The van der Waals surface area contributed by atoms with E-state index in [1.54, 1.807) is 0 Å². The highest BCUT2D eigenvalue weighted by Gasteiger charge is 2.37. The minimum absolute atomic E-state index is 0.0712. The molecule has 0 unspecified atom stereocenters. The highest BCUT2D eigenvalue weighted by atomic mass is 79.9. The molecule has 1 fully saturated rings. The molecule has 1 aliphatic heterocycles. The summed E-state index contributed by atoms with van der Waals surface area (Å²) in [5.41, 5.74) is 9.55. The zero-order valence-corrected chi connectivity index (χ0v) is 24.5. The number of carbonyl (C=O) groups excluding carboxylic acids is 2. The Labute approximate surface area is 242 Å². The van der Waals surface area contributed by atoms with Crippen molar-refractivity contribution in [2.75, 3.05) is 13.7 Å². The van der Waals surface area contributed by atoms with Crippen molar-refractivity contribution in [2.24, 2.45) is 5.92 Å². The molecule has 1 aromatic heterocycles. The molecule has 3 aromatic carbocycles. The maximum Gasteiger partial charge on any atom is 0.407 e. The number of amides is 2. The number of likely N-dealkylation sites (tertiary alicyclic amines) is 1. The number of fused-ring (bicyclic) bond motifs is 4. The minimum Gasteiger partial charge on any atom is -0.453 e. The number of hydrogen-bond donors (Lipinski definition) is 2. The fraction of sp³-hybridized carbons (Fsp3) is 0.344. The summed E-state index contributed by atoms with van der Waals surface area (Å²) < 4.78 is 5.88. The van der Waals surface area contributed by atoms with Crippen molar-refractivity contribution in [3.05, 3.63) is 76.0 Å². The summed E-state index contributed by atoms with van der Waals surface area (Å²) in [6.07, 6.45) is 3.17. The fourth-order valence-corrected chi connectivity index (χ4v) is 6.51. The maximum atomic E-state index is 13.5. The van der Waals surface area contributed by atoms with Crippen molar-refractivity contribution in [3.8, 4) is 22.3 Å². The van der Waals surface area contributed by atoms with Crippen LogP contribution in [0.4, 0.5) is 4.79 Å². The summed E-state index contributed by atoms with van der Waals surface area (Å²) in [4.78, 5) is 35.6. The number of H-pyrrole nitrogens is 1. The summed E-state index contributed by atoms with van der Waals surface area (Å²) in [6, 6.07) is 18.8. The van der Waals surface area contributed by atoms with E-state index in [0.717, 1.165) is 52.6 Å². The lowest BCUT2D eigenvalue weighted by atomic mass is 9.84. The van der Waals surface area contributed by atoms with E-state index in [4.69, 9.17) is 9.72 Å². The largest absolute Gasteiger partial charge is 0.453 e. The van der Waals surface area contributed by atoms with Gasteiger partial charge in [0.2, 0.25) is 5.91 Å². The van der Waals surface area contributed by atoms with E-state index in [0.29, 0.717) is 6.54 Å². The molecule has 2 amide bonds. The molecule has 6 rings (SSSR count). The monoisotopic (exact) mass is 600 g/mol. The number of carbonyl (C=O) groups is 2. The van der Waals surface area contributed by atoms with Gasteiger partial charge in [0.05, 0.1) is 24.2 Å². The zero-order chi connectivity index (χ0) is 28.0. The van der Waals surface area contributed by atoms with Gasteiger partial charge >= 0.3 is 6.09 Å². The summed E-state index contributed by atoms with van der Waals surface area (Å²) in [6.45, 7) is 4.47. The van der Waals surface area contributed by atoms with E-state index in [-0.39, 0.29) is 17.9 Å². The number of rotatable bonds is 5. The van der Waals surface area contributed by atoms with Crippen molar-refractivity contribution < 1.29 is 14.3 Å². The van der Waals surface area contributed by atoms with Gasteiger partial charge in [-0.3, -0.25) is 4.79 Å². The number of imidazole rings is 1. The number of benzene rings is 3. The lowest BCUT2D eigenvalue weighted by Gasteiger charge is -2.29. The summed E-state index contributed by atoms with van der Waals surface area (Å²) in [5, 5.41) is 2.71. The first-order valence-electron chi connectivity index (χ1n) is 13.9. The van der Waals surface area contributed by atoms with E-state index < -0.39 is 12.1 Å². The molecule has 2 N–H and O–H groups in total. The smallest absolute Gasteiger partial charge is 0.407 e. The van der Waals surface area contributed by atoms with Gasteiger partial charge in [-0.15, -0.1) is 0 Å². The lowest BCUT2D eigenvalue weighted by molar-refractivity contribution is -0.135. The average Bonchev–Trinajstić information content (AvgIpc) is 3.61. The lowest BCUT2D eigenvalue weighted by Crippen LogP contribution is -2.51. The van der Waals surface area contributed by atoms with Crippen molar-refractivity contribution in [1.29, 1.82) is 0 Å².